The summed E-state index contributed by atoms with van der Waals surface area (Å²) in [4.78, 5) is 41.9. The first-order valence-corrected chi connectivity index (χ1v) is 12.4. The van der Waals surface area contributed by atoms with Crippen molar-refractivity contribution < 1.29 is 22.8 Å². The molecular formula is C22H17ClN2O5S2. The number of anilines is 1. The molecule has 1 N–H and O–H groups in total. The molecule has 0 aliphatic carbocycles. The molecule has 1 aliphatic heterocycles. The summed E-state index contributed by atoms with van der Waals surface area (Å²) in [7, 11) is -3.76. The van der Waals surface area contributed by atoms with Gasteiger partial charge in [0.05, 0.1) is 15.7 Å². The number of benzene rings is 1. The average Bonchev–Trinajstić information content (AvgIpc) is 3.16. The van der Waals surface area contributed by atoms with Crippen LogP contribution in [0.4, 0.5) is 5.69 Å². The van der Waals surface area contributed by atoms with Gasteiger partial charge in [0.15, 0.2) is 21.4 Å². The molecule has 1 aliphatic rings. The highest BCUT2D eigenvalue weighted by Gasteiger charge is 2.36. The van der Waals surface area contributed by atoms with Crippen LogP contribution >= 0.6 is 22.9 Å². The number of amides is 1. The summed E-state index contributed by atoms with van der Waals surface area (Å²) in [6, 6.07) is 11.1. The maximum absolute atomic E-state index is 12.9. The van der Waals surface area contributed by atoms with Gasteiger partial charge in [-0.25, -0.2) is 8.42 Å². The number of nitrogens with zero attached hydrogens (tertiary/aromatic N) is 1. The number of sulfone groups is 1. The summed E-state index contributed by atoms with van der Waals surface area (Å²) < 4.78 is 25.0. The van der Waals surface area contributed by atoms with Gasteiger partial charge in [-0.15, -0.1) is 11.3 Å². The monoisotopic (exact) mass is 488 g/mol. The molecule has 32 heavy (non-hydrogen) atoms. The molecular weight excluding hydrogens is 472 g/mol. The van der Waals surface area contributed by atoms with E-state index >= 15 is 0 Å². The fourth-order valence-corrected chi connectivity index (χ4v) is 6.27. The number of pyridine rings is 1. The number of aromatic nitrogens is 1. The number of ketones is 2. The number of aryl methyl sites for hydroxylation is 1. The molecule has 3 aromatic rings. The fourth-order valence-electron chi connectivity index (χ4n) is 3.46. The second kappa shape index (κ2) is 8.57. The quantitative estimate of drug-likeness (QED) is 0.531. The molecule has 10 heteroatoms. The van der Waals surface area contributed by atoms with E-state index in [0.29, 0.717) is 21.2 Å². The second-order valence-corrected chi connectivity index (χ2v) is 11.4. The van der Waals surface area contributed by atoms with Crippen LogP contribution in [-0.4, -0.2) is 36.6 Å². The second-order valence-electron chi connectivity index (χ2n) is 7.46. The van der Waals surface area contributed by atoms with Crippen molar-refractivity contribution in [2.45, 2.75) is 23.5 Å². The van der Waals surface area contributed by atoms with E-state index in [1.807, 2.05) is 6.92 Å². The van der Waals surface area contributed by atoms with Crippen LogP contribution < -0.4 is 5.32 Å². The molecule has 4 rings (SSSR count). The SMILES string of the molecule is Cc1ccc2c(c1)NC(=O)C(c1ccc(CC(=O)CS(=O)(=O)c3ccc(Cl)s3)cn1)C2=O. The van der Waals surface area contributed by atoms with Gasteiger partial charge < -0.3 is 5.32 Å². The van der Waals surface area contributed by atoms with Gasteiger partial charge in [0.2, 0.25) is 5.91 Å². The molecule has 0 fully saturated rings. The molecule has 0 radical (unpaired) electrons. The number of fused-ring (bicyclic) bond motifs is 1. The Hall–Kier alpha value is -2.88. The van der Waals surface area contributed by atoms with E-state index in [2.05, 4.69) is 10.3 Å². The van der Waals surface area contributed by atoms with Crippen molar-refractivity contribution in [1.29, 1.82) is 0 Å². The summed E-state index contributed by atoms with van der Waals surface area (Å²) in [6.07, 6.45) is 1.24. The largest absolute Gasteiger partial charge is 0.324 e. The summed E-state index contributed by atoms with van der Waals surface area (Å²) in [5, 5.41) is 2.74. The summed E-state index contributed by atoms with van der Waals surface area (Å²) in [5.41, 5.74) is 2.56. The number of carbonyl (C=O) groups is 3. The van der Waals surface area contributed by atoms with E-state index in [0.717, 1.165) is 16.9 Å². The summed E-state index contributed by atoms with van der Waals surface area (Å²) in [6.45, 7) is 1.87. The Morgan fingerprint density at radius 2 is 1.94 bits per heavy atom. The minimum absolute atomic E-state index is 0.0432. The third-order valence-electron chi connectivity index (χ3n) is 4.97. The minimum atomic E-state index is -3.76. The van der Waals surface area contributed by atoms with Crippen molar-refractivity contribution in [1.82, 2.24) is 4.98 Å². The molecule has 1 amide bonds. The Morgan fingerprint density at radius 1 is 1.16 bits per heavy atom. The highest BCUT2D eigenvalue weighted by atomic mass is 35.5. The highest BCUT2D eigenvalue weighted by Crippen LogP contribution is 2.31. The zero-order valence-corrected chi connectivity index (χ0v) is 19.2. The van der Waals surface area contributed by atoms with Crippen LogP contribution in [0.25, 0.3) is 0 Å². The van der Waals surface area contributed by atoms with Gasteiger partial charge in [0, 0.05) is 18.2 Å². The number of hydrogen-bond donors (Lipinski definition) is 1. The standard InChI is InChI=1S/C22H17ClN2O5S2/c1-12-2-4-15-17(8-12)25-22(28)20(21(15)27)16-5-3-13(10-24-16)9-14(26)11-32(29,30)19-7-6-18(23)31-19/h2-8,10,20H,9,11H2,1H3,(H,25,28). The number of Topliss-reactive ketones (excluding diaryl/α,β-unsaturated/α-hetero) is 2. The van der Waals surface area contributed by atoms with E-state index in [9.17, 15) is 22.8 Å². The van der Waals surface area contributed by atoms with Crippen molar-refractivity contribution in [3.8, 4) is 0 Å². The van der Waals surface area contributed by atoms with E-state index in [1.54, 1.807) is 24.3 Å². The lowest BCUT2D eigenvalue weighted by molar-refractivity contribution is -0.117. The molecule has 3 heterocycles. The highest BCUT2D eigenvalue weighted by molar-refractivity contribution is 7.94. The zero-order chi connectivity index (χ0) is 23.0. The topological polar surface area (TPSA) is 110 Å². The molecule has 1 aromatic carbocycles. The zero-order valence-electron chi connectivity index (χ0n) is 16.8. The predicted octanol–water partition coefficient (Wildman–Crippen LogP) is 3.61. The first-order valence-electron chi connectivity index (χ1n) is 9.54. The minimum Gasteiger partial charge on any atom is -0.324 e. The van der Waals surface area contributed by atoms with Gasteiger partial charge in [0.1, 0.15) is 15.9 Å². The number of nitrogens with one attached hydrogen (secondary N) is 1. The third kappa shape index (κ3) is 4.50. The lowest BCUT2D eigenvalue weighted by Gasteiger charge is -2.23. The molecule has 1 unspecified atom stereocenters. The van der Waals surface area contributed by atoms with Crippen molar-refractivity contribution in [3.05, 3.63) is 75.4 Å². The van der Waals surface area contributed by atoms with Gasteiger partial charge in [-0.3, -0.25) is 19.4 Å². The first-order chi connectivity index (χ1) is 15.1. The number of thiophene rings is 1. The Kier molecular flexibility index (Phi) is 5.98. The Bertz CT molecular complexity index is 1350. The molecule has 7 nitrogen and oxygen atoms in total. The summed E-state index contributed by atoms with van der Waals surface area (Å²) in [5.74, 6) is -3.05. The lowest BCUT2D eigenvalue weighted by Crippen LogP contribution is -2.34. The molecule has 0 saturated heterocycles. The van der Waals surface area contributed by atoms with Gasteiger partial charge in [-0.05, 0) is 48.4 Å². The maximum Gasteiger partial charge on any atom is 0.241 e. The number of halogens is 1. The van der Waals surface area contributed by atoms with Crippen LogP contribution in [0.2, 0.25) is 4.34 Å². The maximum atomic E-state index is 12.9. The molecule has 0 bridgehead atoms. The van der Waals surface area contributed by atoms with Gasteiger partial charge in [-0.2, -0.15) is 0 Å². The molecule has 0 saturated carbocycles. The van der Waals surface area contributed by atoms with Crippen molar-refractivity contribution in [3.63, 3.8) is 0 Å². The Labute approximate surface area is 193 Å². The van der Waals surface area contributed by atoms with E-state index < -0.39 is 33.2 Å². The van der Waals surface area contributed by atoms with Gasteiger partial charge >= 0.3 is 0 Å². The van der Waals surface area contributed by atoms with E-state index in [1.165, 1.54) is 24.4 Å². The summed E-state index contributed by atoms with van der Waals surface area (Å²) >= 11 is 6.68. The third-order valence-corrected chi connectivity index (χ3v) is 8.46. The first kappa shape index (κ1) is 22.3. The van der Waals surface area contributed by atoms with Crippen LogP contribution in [0.1, 0.15) is 33.1 Å². The Morgan fingerprint density at radius 3 is 2.59 bits per heavy atom. The smallest absolute Gasteiger partial charge is 0.241 e. The molecule has 1 atom stereocenters. The average molecular weight is 489 g/mol. The normalized spacial score (nSPS) is 15.9. The fraction of sp³-hybridized carbons (Fsp3) is 0.182. The van der Waals surface area contributed by atoms with Crippen molar-refractivity contribution in [2.24, 2.45) is 0 Å². The van der Waals surface area contributed by atoms with Crippen molar-refractivity contribution in [2.75, 3.05) is 11.1 Å². The van der Waals surface area contributed by atoms with Crippen LogP contribution in [-0.2, 0) is 25.8 Å². The van der Waals surface area contributed by atoms with Gasteiger partial charge in [0.25, 0.3) is 0 Å². The van der Waals surface area contributed by atoms with Crippen LogP contribution in [0.15, 0.2) is 52.9 Å². The van der Waals surface area contributed by atoms with E-state index in [-0.39, 0.29) is 22.1 Å². The molecule has 0 spiro atoms. The lowest BCUT2D eigenvalue weighted by atomic mass is 9.88. The molecule has 164 valence electrons. The van der Waals surface area contributed by atoms with E-state index in [4.69, 9.17) is 11.6 Å². The van der Waals surface area contributed by atoms with Crippen LogP contribution in [0, 0.1) is 6.92 Å². The predicted molar refractivity (Wildman–Crippen MR) is 121 cm³/mol. The number of carbonyl (C=O) groups excluding carboxylic acids is 3. The number of hydrogen-bond acceptors (Lipinski definition) is 7. The Balaban J connectivity index is 1.47. The van der Waals surface area contributed by atoms with Crippen LogP contribution in [0.5, 0.6) is 0 Å². The van der Waals surface area contributed by atoms with Crippen LogP contribution in [0.3, 0.4) is 0 Å². The van der Waals surface area contributed by atoms with Gasteiger partial charge in [-0.1, -0.05) is 23.7 Å². The van der Waals surface area contributed by atoms with Crippen molar-refractivity contribution >= 4 is 55.9 Å². The molecule has 2 aromatic heterocycles. The number of rotatable bonds is 6.